The molecule has 2 rings (SSSR count). The van der Waals surface area contributed by atoms with Crippen molar-refractivity contribution in [3.05, 3.63) is 54.4 Å². The highest BCUT2D eigenvalue weighted by Gasteiger charge is 2.10. The summed E-state index contributed by atoms with van der Waals surface area (Å²) in [6, 6.07) is 13.1. The lowest BCUT2D eigenvalue weighted by Gasteiger charge is -2.21. The molecule has 20 heavy (non-hydrogen) atoms. The summed E-state index contributed by atoms with van der Waals surface area (Å²) in [6.07, 6.45) is 1.67. The van der Waals surface area contributed by atoms with Crippen molar-refractivity contribution in [3.63, 3.8) is 0 Å². The van der Waals surface area contributed by atoms with E-state index in [4.69, 9.17) is 0 Å². The zero-order valence-corrected chi connectivity index (χ0v) is 11.8. The van der Waals surface area contributed by atoms with E-state index in [1.807, 2.05) is 42.5 Å². The third-order valence-corrected chi connectivity index (χ3v) is 3.14. The van der Waals surface area contributed by atoms with E-state index in [9.17, 15) is 4.79 Å². The van der Waals surface area contributed by atoms with Crippen LogP contribution in [0, 0.1) is 0 Å². The molecule has 0 unspecified atom stereocenters. The van der Waals surface area contributed by atoms with Crippen molar-refractivity contribution >= 4 is 17.3 Å². The molecule has 0 aliphatic heterocycles. The van der Waals surface area contributed by atoms with Gasteiger partial charge in [-0.1, -0.05) is 18.2 Å². The van der Waals surface area contributed by atoms with Crippen LogP contribution in [0.15, 0.2) is 48.7 Å². The van der Waals surface area contributed by atoms with E-state index in [-0.39, 0.29) is 5.91 Å². The first-order valence-corrected chi connectivity index (χ1v) is 6.82. The van der Waals surface area contributed by atoms with E-state index < -0.39 is 0 Å². The molecule has 0 saturated heterocycles. The molecule has 4 nitrogen and oxygen atoms in total. The summed E-state index contributed by atoms with van der Waals surface area (Å²) in [5.74, 6) is -0.190. The Labute approximate surface area is 119 Å². The molecule has 0 bridgehead atoms. The number of aromatic nitrogens is 1. The highest BCUT2D eigenvalue weighted by Crippen LogP contribution is 2.15. The van der Waals surface area contributed by atoms with Gasteiger partial charge in [0.2, 0.25) is 0 Å². The van der Waals surface area contributed by atoms with Gasteiger partial charge < -0.3 is 10.2 Å². The average molecular weight is 269 g/mol. The lowest BCUT2D eigenvalue weighted by Crippen LogP contribution is -2.22. The van der Waals surface area contributed by atoms with Crippen LogP contribution in [0.25, 0.3) is 0 Å². The molecule has 1 aromatic heterocycles. The Bertz CT molecular complexity index is 565. The van der Waals surface area contributed by atoms with Crippen molar-refractivity contribution < 1.29 is 4.79 Å². The molecule has 104 valence electrons. The molecular formula is C16H19N3O. The predicted octanol–water partition coefficient (Wildman–Crippen LogP) is 3.18. The van der Waals surface area contributed by atoms with Crippen molar-refractivity contribution in [1.29, 1.82) is 0 Å². The van der Waals surface area contributed by atoms with Crippen molar-refractivity contribution in [2.24, 2.45) is 0 Å². The number of nitrogens with zero attached hydrogens (tertiary/aromatic N) is 2. The van der Waals surface area contributed by atoms with E-state index >= 15 is 0 Å². The molecule has 0 aliphatic rings. The maximum atomic E-state index is 12.2. The smallest absolute Gasteiger partial charge is 0.274 e. The normalized spacial score (nSPS) is 10.1. The Kier molecular flexibility index (Phi) is 4.71. The molecule has 4 heteroatoms. The van der Waals surface area contributed by atoms with Crippen LogP contribution in [-0.2, 0) is 0 Å². The first-order chi connectivity index (χ1) is 9.74. The second-order valence-corrected chi connectivity index (χ2v) is 4.39. The summed E-state index contributed by atoms with van der Waals surface area (Å²) in [6.45, 7) is 5.99. The van der Waals surface area contributed by atoms with Gasteiger partial charge in [-0.15, -0.1) is 0 Å². The molecule has 1 N–H and O–H groups in total. The fourth-order valence-corrected chi connectivity index (χ4v) is 2.05. The summed E-state index contributed by atoms with van der Waals surface area (Å²) in [7, 11) is 0. The summed E-state index contributed by atoms with van der Waals surface area (Å²) < 4.78 is 0. The number of hydrogen-bond acceptors (Lipinski definition) is 3. The van der Waals surface area contributed by atoms with E-state index in [1.165, 1.54) is 0 Å². The molecule has 0 fully saturated rings. The zero-order chi connectivity index (χ0) is 14.4. The minimum Gasteiger partial charge on any atom is -0.372 e. The Hall–Kier alpha value is -2.36. The number of carbonyl (C=O) groups is 1. The summed E-state index contributed by atoms with van der Waals surface area (Å²) >= 11 is 0. The van der Waals surface area contributed by atoms with Gasteiger partial charge in [-0.25, -0.2) is 0 Å². The number of anilines is 2. The lowest BCUT2D eigenvalue weighted by atomic mass is 10.2. The molecule has 2 aromatic rings. The van der Waals surface area contributed by atoms with Gasteiger partial charge in [0, 0.05) is 30.7 Å². The van der Waals surface area contributed by atoms with Crippen molar-refractivity contribution in [1.82, 2.24) is 4.98 Å². The number of nitrogens with one attached hydrogen (secondary N) is 1. The number of rotatable bonds is 5. The van der Waals surface area contributed by atoms with Gasteiger partial charge in [0.15, 0.2) is 0 Å². The number of pyridine rings is 1. The fraction of sp³-hybridized carbons (Fsp3) is 0.250. The topological polar surface area (TPSA) is 45.2 Å². The van der Waals surface area contributed by atoms with Crippen molar-refractivity contribution in [2.75, 3.05) is 23.3 Å². The zero-order valence-electron chi connectivity index (χ0n) is 11.8. The van der Waals surface area contributed by atoms with Gasteiger partial charge in [-0.05, 0) is 38.1 Å². The number of benzene rings is 1. The maximum absolute atomic E-state index is 12.2. The van der Waals surface area contributed by atoms with Crippen LogP contribution in [0.5, 0.6) is 0 Å². The highest BCUT2D eigenvalue weighted by molar-refractivity contribution is 6.03. The first kappa shape index (κ1) is 14.1. The van der Waals surface area contributed by atoms with Crippen molar-refractivity contribution in [3.8, 4) is 0 Å². The molecule has 0 saturated carbocycles. The van der Waals surface area contributed by atoms with Crippen LogP contribution in [0.1, 0.15) is 24.3 Å². The standard InChI is InChI=1S/C16H19N3O/c1-3-19(4-2)14-10-11-17-15(12-14)16(20)18-13-8-6-5-7-9-13/h5-12H,3-4H2,1-2H3,(H,18,20). The summed E-state index contributed by atoms with van der Waals surface area (Å²) in [5.41, 5.74) is 2.22. The fourth-order valence-electron chi connectivity index (χ4n) is 2.05. The first-order valence-electron chi connectivity index (χ1n) is 6.82. The minimum absolute atomic E-state index is 0.190. The van der Waals surface area contributed by atoms with Crippen LogP contribution < -0.4 is 10.2 Å². The van der Waals surface area contributed by atoms with Crippen LogP contribution in [0.4, 0.5) is 11.4 Å². The number of para-hydroxylation sites is 1. The van der Waals surface area contributed by atoms with E-state index in [0.717, 1.165) is 24.5 Å². The van der Waals surface area contributed by atoms with E-state index in [1.54, 1.807) is 6.20 Å². The van der Waals surface area contributed by atoms with Crippen molar-refractivity contribution in [2.45, 2.75) is 13.8 Å². The predicted molar refractivity (Wildman–Crippen MR) is 82.2 cm³/mol. The molecule has 1 heterocycles. The van der Waals surface area contributed by atoms with Gasteiger partial charge in [-0.2, -0.15) is 0 Å². The van der Waals surface area contributed by atoms with Crippen LogP contribution in [-0.4, -0.2) is 24.0 Å². The molecule has 0 radical (unpaired) electrons. The van der Waals surface area contributed by atoms with Gasteiger partial charge in [0.05, 0.1) is 0 Å². The molecule has 0 spiro atoms. The monoisotopic (exact) mass is 269 g/mol. The minimum atomic E-state index is -0.190. The Morgan fingerprint density at radius 3 is 2.50 bits per heavy atom. The number of hydrogen-bond donors (Lipinski definition) is 1. The molecule has 1 amide bonds. The van der Waals surface area contributed by atoms with Gasteiger partial charge >= 0.3 is 0 Å². The maximum Gasteiger partial charge on any atom is 0.274 e. The van der Waals surface area contributed by atoms with E-state index in [0.29, 0.717) is 5.69 Å². The van der Waals surface area contributed by atoms with Crippen LogP contribution in [0.3, 0.4) is 0 Å². The van der Waals surface area contributed by atoms with Crippen LogP contribution >= 0.6 is 0 Å². The third-order valence-electron chi connectivity index (χ3n) is 3.14. The Morgan fingerprint density at radius 1 is 1.15 bits per heavy atom. The number of carbonyl (C=O) groups excluding carboxylic acids is 1. The summed E-state index contributed by atoms with van der Waals surface area (Å²) in [4.78, 5) is 18.5. The Balaban J connectivity index is 2.16. The highest BCUT2D eigenvalue weighted by atomic mass is 16.1. The molecule has 0 atom stereocenters. The second-order valence-electron chi connectivity index (χ2n) is 4.39. The van der Waals surface area contributed by atoms with Crippen LogP contribution in [0.2, 0.25) is 0 Å². The second kappa shape index (κ2) is 6.70. The SMILES string of the molecule is CCN(CC)c1ccnc(C(=O)Nc2ccccc2)c1. The van der Waals surface area contributed by atoms with Gasteiger partial charge in [0.25, 0.3) is 5.91 Å². The van der Waals surface area contributed by atoms with Gasteiger partial charge in [-0.3, -0.25) is 9.78 Å². The quantitative estimate of drug-likeness (QED) is 0.906. The Morgan fingerprint density at radius 2 is 1.85 bits per heavy atom. The molecule has 1 aromatic carbocycles. The van der Waals surface area contributed by atoms with Gasteiger partial charge in [0.1, 0.15) is 5.69 Å². The third kappa shape index (κ3) is 3.35. The average Bonchev–Trinajstić information content (AvgIpc) is 2.50. The van der Waals surface area contributed by atoms with E-state index in [2.05, 4.69) is 29.0 Å². The molecule has 0 aliphatic carbocycles. The molecular weight excluding hydrogens is 250 g/mol. The lowest BCUT2D eigenvalue weighted by molar-refractivity contribution is 0.102. The number of amides is 1. The largest absolute Gasteiger partial charge is 0.372 e. The summed E-state index contributed by atoms with van der Waals surface area (Å²) in [5, 5.41) is 2.84.